The van der Waals surface area contributed by atoms with E-state index in [9.17, 15) is 0 Å². The third-order valence-corrected chi connectivity index (χ3v) is 6.88. The molecule has 0 radical (unpaired) electrons. The van der Waals surface area contributed by atoms with Crippen LogP contribution in [0.2, 0.25) is 0 Å². The monoisotopic (exact) mass is 446 g/mol. The largest absolute Gasteiger partial charge is 0.320 e. The van der Waals surface area contributed by atoms with Gasteiger partial charge in [0, 0.05) is 16.8 Å². The first kappa shape index (κ1) is 28.4. The smallest absolute Gasteiger partial charge is 0.0205 e. The Balaban J connectivity index is 1.65. The van der Waals surface area contributed by atoms with E-state index < -0.39 is 0 Å². The van der Waals surface area contributed by atoms with E-state index in [4.69, 9.17) is 0 Å². The molecule has 1 aromatic carbocycles. The van der Waals surface area contributed by atoms with Crippen molar-refractivity contribution in [1.82, 2.24) is 10.6 Å². The molecule has 3 heteroatoms. The van der Waals surface area contributed by atoms with E-state index in [1.54, 1.807) is 0 Å². The lowest BCUT2D eigenvalue weighted by atomic mass is 10.0. The van der Waals surface area contributed by atoms with Crippen molar-refractivity contribution in [2.75, 3.05) is 19.3 Å². The molecule has 1 rings (SSSR count). The molecular formula is C28H54N2Si. The zero-order valence-electron chi connectivity index (χ0n) is 20.9. The van der Waals surface area contributed by atoms with E-state index in [0.29, 0.717) is 0 Å². The summed E-state index contributed by atoms with van der Waals surface area (Å²) in [5.41, 5.74) is 1.39. The number of nitrogens with one attached hydrogen (secondary N) is 2. The molecule has 1 aromatic rings. The molecule has 0 aliphatic rings. The molecule has 2 nitrogen and oxygen atoms in total. The second-order valence-electron chi connectivity index (χ2n) is 9.38. The molecule has 0 heterocycles. The third kappa shape index (κ3) is 21.0. The van der Waals surface area contributed by atoms with Gasteiger partial charge in [-0.3, -0.25) is 0 Å². The lowest BCUT2D eigenvalue weighted by Gasteiger charge is -2.05. The summed E-state index contributed by atoms with van der Waals surface area (Å²) in [5, 5.41) is 7.03. The molecule has 180 valence electrons. The van der Waals surface area contributed by atoms with Crippen LogP contribution in [0, 0.1) is 0 Å². The van der Waals surface area contributed by atoms with Crippen molar-refractivity contribution in [3.05, 3.63) is 35.9 Å². The van der Waals surface area contributed by atoms with E-state index in [0.717, 1.165) is 13.1 Å². The number of rotatable bonds is 24. The minimum absolute atomic E-state index is 1.01. The van der Waals surface area contributed by atoms with Gasteiger partial charge in [0.05, 0.1) is 0 Å². The first-order chi connectivity index (χ1) is 15.4. The van der Waals surface area contributed by atoms with Crippen LogP contribution in [-0.2, 0) is 6.54 Å². The third-order valence-electron chi connectivity index (χ3n) is 6.38. The highest BCUT2D eigenvalue weighted by Gasteiger charge is 1.96. The molecule has 2 N–H and O–H groups in total. The van der Waals surface area contributed by atoms with Crippen LogP contribution in [0.25, 0.3) is 0 Å². The van der Waals surface area contributed by atoms with Crippen molar-refractivity contribution >= 4 is 10.2 Å². The summed E-state index contributed by atoms with van der Waals surface area (Å²) in [4.78, 5) is 0. The maximum atomic E-state index is 3.56. The maximum absolute atomic E-state index is 3.56. The summed E-state index contributed by atoms with van der Waals surface area (Å²) in [5.74, 6) is 0. The first-order valence-electron chi connectivity index (χ1n) is 13.9. The average molecular weight is 447 g/mol. The highest BCUT2D eigenvalue weighted by Crippen LogP contribution is 2.14. The Bertz CT molecular complexity index is 452. The number of unbranched alkanes of at least 4 members (excludes halogenated alkanes) is 17. The molecule has 0 saturated heterocycles. The lowest BCUT2D eigenvalue weighted by molar-refractivity contribution is 0.520. The van der Waals surface area contributed by atoms with Crippen molar-refractivity contribution < 1.29 is 0 Å². The van der Waals surface area contributed by atoms with Gasteiger partial charge in [-0.15, -0.1) is 0 Å². The van der Waals surface area contributed by atoms with Gasteiger partial charge in [0.1, 0.15) is 0 Å². The molecule has 0 unspecified atom stereocenters. The molecule has 0 atom stereocenters. The van der Waals surface area contributed by atoms with Crippen LogP contribution < -0.4 is 10.6 Å². The number of hydrogen-bond acceptors (Lipinski definition) is 2. The summed E-state index contributed by atoms with van der Waals surface area (Å²) >= 11 is 0. The van der Waals surface area contributed by atoms with Crippen LogP contribution in [0.4, 0.5) is 0 Å². The van der Waals surface area contributed by atoms with Gasteiger partial charge in [0.2, 0.25) is 0 Å². The molecule has 0 amide bonds. The SMILES string of the molecule is [SiH3]CNCCCCCCCCCCCCCCCCCCCCNCc1ccccc1. The summed E-state index contributed by atoms with van der Waals surface area (Å²) in [7, 11) is 1.29. The summed E-state index contributed by atoms with van der Waals surface area (Å²) in [6.07, 6.45) is 27.2. The molecule has 0 saturated carbocycles. The second kappa shape index (κ2) is 24.0. The van der Waals surface area contributed by atoms with Gasteiger partial charge in [-0.05, 0) is 37.7 Å². The fraction of sp³-hybridized carbons (Fsp3) is 0.786. The normalized spacial score (nSPS) is 11.4. The molecule has 0 aliphatic heterocycles. The number of benzene rings is 1. The van der Waals surface area contributed by atoms with Crippen molar-refractivity contribution in [2.24, 2.45) is 0 Å². The average Bonchev–Trinajstić information content (AvgIpc) is 2.80. The highest BCUT2D eigenvalue weighted by atomic mass is 28.1. The topological polar surface area (TPSA) is 24.1 Å². The lowest BCUT2D eigenvalue weighted by Crippen LogP contribution is -2.16. The van der Waals surface area contributed by atoms with Crippen LogP contribution in [0.5, 0.6) is 0 Å². The molecule has 0 aromatic heterocycles. The van der Waals surface area contributed by atoms with Gasteiger partial charge < -0.3 is 10.6 Å². The Morgan fingerprint density at radius 2 is 0.806 bits per heavy atom. The molecule has 0 fully saturated rings. The Labute approximate surface area is 198 Å². The molecule has 0 bridgehead atoms. The first-order valence-corrected chi connectivity index (χ1v) is 15.3. The standard InChI is InChI=1S/C28H54N2Si/c31-27-30-25-21-16-14-12-10-8-6-4-2-1-3-5-7-9-11-13-15-20-24-29-26-28-22-18-17-19-23-28/h17-19,22-23,29-30H,1-16,20-21,24-27H2,31H3. The van der Waals surface area contributed by atoms with Crippen LogP contribution in [0.15, 0.2) is 30.3 Å². The fourth-order valence-electron chi connectivity index (χ4n) is 4.33. The van der Waals surface area contributed by atoms with Crippen molar-refractivity contribution in [3.8, 4) is 0 Å². The Morgan fingerprint density at radius 1 is 0.452 bits per heavy atom. The number of hydrogen-bond donors (Lipinski definition) is 2. The predicted molar refractivity (Wildman–Crippen MR) is 144 cm³/mol. The van der Waals surface area contributed by atoms with E-state index in [2.05, 4.69) is 41.0 Å². The predicted octanol–water partition coefficient (Wildman–Crippen LogP) is 6.71. The quantitative estimate of drug-likeness (QED) is 0.136. The van der Waals surface area contributed by atoms with Crippen molar-refractivity contribution in [3.63, 3.8) is 0 Å². The van der Waals surface area contributed by atoms with Crippen LogP contribution in [-0.4, -0.2) is 29.5 Å². The van der Waals surface area contributed by atoms with Crippen LogP contribution >= 0.6 is 0 Å². The van der Waals surface area contributed by atoms with E-state index in [1.165, 1.54) is 144 Å². The Morgan fingerprint density at radius 3 is 1.19 bits per heavy atom. The minimum Gasteiger partial charge on any atom is -0.320 e. The zero-order valence-corrected chi connectivity index (χ0v) is 22.9. The molecule has 31 heavy (non-hydrogen) atoms. The van der Waals surface area contributed by atoms with Gasteiger partial charge in [0.15, 0.2) is 0 Å². The van der Waals surface area contributed by atoms with E-state index in [1.807, 2.05) is 0 Å². The van der Waals surface area contributed by atoms with Gasteiger partial charge in [-0.1, -0.05) is 133 Å². The fourth-order valence-corrected chi connectivity index (χ4v) is 4.69. The molecule has 0 spiro atoms. The van der Waals surface area contributed by atoms with Gasteiger partial charge in [-0.2, -0.15) is 0 Å². The highest BCUT2D eigenvalue weighted by molar-refractivity contribution is 6.08. The van der Waals surface area contributed by atoms with Crippen molar-refractivity contribution in [1.29, 1.82) is 0 Å². The maximum Gasteiger partial charge on any atom is 0.0205 e. The Kier molecular flexibility index (Phi) is 22.0. The second-order valence-corrected chi connectivity index (χ2v) is 10.1. The molecule has 0 aliphatic carbocycles. The van der Waals surface area contributed by atoms with Gasteiger partial charge in [0.25, 0.3) is 0 Å². The van der Waals surface area contributed by atoms with E-state index in [-0.39, 0.29) is 0 Å². The zero-order chi connectivity index (χ0) is 22.1. The van der Waals surface area contributed by atoms with Crippen molar-refractivity contribution in [2.45, 2.75) is 122 Å². The van der Waals surface area contributed by atoms with E-state index >= 15 is 0 Å². The Hall–Kier alpha value is -0.643. The summed E-state index contributed by atoms with van der Waals surface area (Å²) in [6, 6.07) is 10.7. The van der Waals surface area contributed by atoms with Gasteiger partial charge >= 0.3 is 0 Å². The van der Waals surface area contributed by atoms with Crippen LogP contribution in [0.1, 0.15) is 121 Å². The minimum atomic E-state index is 1.01. The van der Waals surface area contributed by atoms with Crippen LogP contribution in [0.3, 0.4) is 0 Å². The summed E-state index contributed by atoms with van der Waals surface area (Å²) in [6.45, 7) is 3.42. The summed E-state index contributed by atoms with van der Waals surface area (Å²) < 4.78 is 0. The molecular weight excluding hydrogens is 392 g/mol. The van der Waals surface area contributed by atoms with Gasteiger partial charge in [-0.25, -0.2) is 0 Å².